The molecule has 11 rings (SSSR count). The van der Waals surface area contributed by atoms with Crippen molar-refractivity contribution in [2.75, 3.05) is 0 Å². The third kappa shape index (κ3) is 5.23. The van der Waals surface area contributed by atoms with Crippen molar-refractivity contribution < 1.29 is 0 Å². The second kappa shape index (κ2) is 13.1. The summed E-state index contributed by atoms with van der Waals surface area (Å²) in [4.78, 5) is 10.6. The molecule has 0 aliphatic rings. The molecular weight excluding hydrogens is 681 g/mol. The van der Waals surface area contributed by atoms with Gasteiger partial charge in [0.15, 0.2) is 5.82 Å². The Bertz CT molecular complexity index is 3200. The summed E-state index contributed by atoms with van der Waals surface area (Å²) < 4.78 is 4.79. The lowest BCUT2D eigenvalue weighted by Gasteiger charge is -2.14. The highest BCUT2D eigenvalue weighted by molar-refractivity contribution is 6.23. The van der Waals surface area contributed by atoms with E-state index >= 15 is 0 Å². The van der Waals surface area contributed by atoms with Gasteiger partial charge in [-0.1, -0.05) is 176 Å². The van der Waals surface area contributed by atoms with Crippen LogP contribution in [0.4, 0.5) is 0 Å². The van der Waals surface area contributed by atoms with Crippen molar-refractivity contribution in [2.45, 2.75) is 0 Å². The standard InChI is InChI=1S/C52H34N4/c1-4-14-35(15-5-1)37-24-26-39(27-25-37)46-34-49(54-52(53-46)40-18-8-3-9-19-40)56-48-23-13-11-21-43(48)45-33-32-44-42-20-10-12-22-47(42)55(50(44)51(45)56)41-30-28-38(29-31-41)36-16-6-2-7-17-36/h1-34H. The van der Waals surface area contributed by atoms with Crippen LogP contribution < -0.4 is 0 Å². The molecular formula is C52H34N4. The second-order valence-electron chi connectivity index (χ2n) is 14.2. The van der Waals surface area contributed by atoms with E-state index in [9.17, 15) is 0 Å². The van der Waals surface area contributed by atoms with Gasteiger partial charge in [-0.25, -0.2) is 9.97 Å². The number of nitrogens with zero attached hydrogens (tertiary/aromatic N) is 4. The van der Waals surface area contributed by atoms with E-state index < -0.39 is 0 Å². The van der Waals surface area contributed by atoms with Crippen LogP contribution in [0.2, 0.25) is 0 Å². The van der Waals surface area contributed by atoms with Crippen LogP contribution in [0.5, 0.6) is 0 Å². The zero-order valence-corrected chi connectivity index (χ0v) is 30.4. The van der Waals surface area contributed by atoms with Crippen LogP contribution in [-0.4, -0.2) is 19.1 Å². The maximum Gasteiger partial charge on any atom is 0.162 e. The Morgan fingerprint density at radius 2 is 0.732 bits per heavy atom. The summed E-state index contributed by atoms with van der Waals surface area (Å²) >= 11 is 0. The predicted molar refractivity (Wildman–Crippen MR) is 232 cm³/mol. The molecule has 262 valence electrons. The Kier molecular flexibility index (Phi) is 7.46. The highest BCUT2D eigenvalue weighted by Gasteiger charge is 2.22. The molecule has 0 saturated heterocycles. The molecule has 0 atom stereocenters. The minimum Gasteiger partial charge on any atom is -0.307 e. The fourth-order valence-electron chi connectivity index (χ4n) is 8.32. The summed E-state index contributed by atoms with van der Waals surface area (Å²) in [6.45, 7) is 0. The first kappa shape index (κ1) is 31.9. The van der Waals surface area contributed by atoms with Gasteiger partial charge < -0.3 is 4.57 Å². The summed E-state index contributed by atoms with van der Waals surface area (Å²) in [5, 5.41) is 4.75. The van der Waals surface area contributed by atoms with Gasteiger partial charge in [-0.2, -0.15) is 0 Å². The number of hydrogen-bond donors (Lipinski definition) is 0. The molecule has 56 heavy (non-hydrogen) atoms. The fourth-order valence-corrected chi connectivity index (χ4v) is 8.32. The van der Waals surface area contributed by atoms with Gasteiger partial charge >= 0.3 is 0 Å². The first-order valence-electron chi connectivity index (χ1n) is 19.0. The summed E-state index contributed by atoms with van der Waals surface area (Å²) in [6.07, 6.45) is 0. The normalized spacial score (nSPS) is 11.6. The number of fused-ring (bicyclic) bond motifs is 7. The topological polar surface area (TPSA) is 35.6 Å². The minimum absolute atomic E-state index is 0.681. The average molecular weight is 715 g/mol. The Labute approximate surface area is 324 Å². The Balaban J connectivity index is 1.20. The molecule has 0 aliphatic carbocycles. The van der Waals surface area contributed by atoms with Crippen molar-refractivity contribution in [1.29, 1.82) is 0 Å². The van der Waals surface area contributed by atoms with Gasteiger partial charge in [0.1, 0.15) is 5.82 Å². The van der Waals surface area contributed by atoms with Crippen LogP contribution in [0.3, 0.4) is 0 Å². The summed E-state index contributed by atoms with van der Waals surface area (Å²) in [5.74, 6) is 1.50. The molecule has 4 heteroatoms. The van der Waals surface area contributed by atoms with Gasteiger partial charge in [0.25, 0.3) is 0 Å². The predicted octanol–water partition coefficient (Wildman–Crippen LogP) is 13.3. The van der Waals surface area contributed by atoms with Crippen LogP contribution in [0, 0.1) is 0 Å². The molecule has 0 aliphatic heterocycles. The zero-order chi connectivity index (χ0) is 37.0. The third-order valence-corrected chi connectivity index (χ3v) is 11.0. The zero-order valence-electron chi connectivity index (χ0n) is 30.4. The fraction of sp³-hybridized carbons (Fsp3) is 0. The highest BCUT2D eigenvalue weighted by Crippen LogP contribution is 2.42. The van der Waals surface area contributed by atoms with Crippen molar-refractivity contribution in [2.24, 2.45) is 0 Å². The van der Waals surface area contributed by atoms with Crippen LogP contribution in [0.1, 0.15) is 0 Å². The van der Waals surface area contributed by atoms with E-state index in [1.807, 2.05) is 18.2 Å². The van der Waals surface area contributed by atoms with Crippen molar-refractivity contribution in [1.82, 2.24) is 19.1 Å². The maximum absolute atomic E-state index is 5.39. The van der Waals surface area contributed by atoms with Gasteiger partial charge in [0.2, 0.25) is 0 Å². The second-order valence-corrected chi connectivity index (χ2v) is 14.2. The number of rotatable bonds is 6. The first-order chi connectivity index (χ1) is 27.8. The van der Waals surface area contributed by atoms with E-state index in [0.717, 1.165) is 50.4 Å². The number of para-hydroxylation sites is 2. The first-order valence-corrected chi connectivity index (χ1v) is 19.0. The molecule has 3 heterocycles. The largest absolute Gasteiger partial charge is 0.307 e. The molecule has 0 amide bonds. The smallest absolute Gasteiger partial charge is 0.162 e. The molecule has 0 fully saturated rings. The van der Waals surface area contributed by atoms with Gasteiger partial charge in [0, 0.05) is 44.4 Å². The quantitative estimate of drug-likeness (QED) is 0.172. The highest BCUT2D eigenvalue weighted by atomic mass is 15.1. The summed E-state index contributed by atoms with van der Waals surface area (Å²) in [6, 6.07) is 73.2. The molecule has 0 spiro atoms. The van der Waals surface area contributed by atoms with Crippen molar-refractivity contribution in [3.63, 3.8) is 0 Å². The van der Waals surface area contributed by atoms with Crippen LogP contribution in [-0.2, 0) is 0 Å². The third-order valence-electron chi connectivity index (χ3n) is 11.0. The molecule has 0 N–H and O–H groups in total. The molecule has 0 saturated carbocycles. The molecule has 3 aromatic heterocycles. The lowest BCUT2D eigenvalue weighted by atomic mass is 10.0. The Hall–Kier alpha value is -7.56. The van der Waals surface area contributed by atoms with Crippen molar-refractivity contribution in [3.8, 4) is 56.4 Å². The van der Waals surface area contributed by atoms with Gasteiger partial charge in [0.05, 0.1) is 27.8 Å². The van der Waals surface area contributed by atoms with Gasteiger partial charge in [-0.05, 0) is 46.5 Å². The number of benzene rings is 8. The molecule has 0 unspecified atom stereocenters. The minimum atomic E-state index is 0.681. The van der Waals surface area contributed by atoms with E-state index in [4.69, 9.17) is 9.97 Å². The van der Waals surface area contributed by atoms with Crippen molar-refractivity contribution in [3.05, 3.63) is 206 Å². The molecule has 8 aromatic carbocycles. The molecule has 0 bridgehead atoms. The lowest BCUT2D eigenvalue weighted by molar-refractivity contribution is 1.05. The van der Waals surface area contributed by atoms with Crippen LogP contribution >= 0.6 is 0 Å². The molecule has 11 aromatic rings. The SMILES string of the molecule is c1ccc(-c2ccc(-c3cc(-n4c5ccccc5c5ccc6c7ccccc7n(-c7ccc(-c8ccccc8)cc7)c6c54)nc(-c4ccccc4)n3)cc2)cc1. The molecule has 0 radical (unpaired) electrons. The van der Waals surface area contributed by atoms with E-state index in [1.54, 1.807) is 0 Å². The van der Waals surface area contributed by atoms with Gasteiger partial charge in [-0.15, -0.1) is 0 Å². The summed E-state index contributed by atoms with van der Waals surface area (Å²) in [5.41, 5.74) is 13.2. The summed E-state index contributed by atoms with van der Waals surface area (Å²) in [7, 11) is 0. The van der Waals surface area contributed by atoms with Crippen LogP contribution in [0.25, 0.3) is 100 Å². The van der Waals surface area contributed by atoms with Gasteiger partial charge in [-0.3, -0.25) is 4.57 Å². The van der Waals surface area contributed by atoms with Crippen molar-refractivity contribution >= 4 is 43.6 Å². The van der Waals surface area contributed by atoms with E-state index in [2.05, 4.69) is 197 Å². The monoisotopic (exact) mass is 714 g/mol. The average Bonchev–Trinajstić information content (AvgIpc) is 3.80. The van der Waals surface area contributed by atoms with E-state index in [1.165, 1.54) is 43.8 Å². The Morgan fingerprint density at radius 3 is 1.30 bits per heavy atom. The number of hydrogen-bond acceptors (Lipinski definition) is 2. The maximum atomic E-state index is 5.39. The lowest BCUT2D eigenvalue weighted by Crippen LogP contribution is -2.04. The van der Waals surface area contributed by atoms with Crippen LogP contribution in [0.15, 0.2) is 206 Å². The van der Waals surface area contributed by atoms with E-state index in [-0.39, 0.29) is 0 Å². The van der Waals surface area contributed by atoms with E-state index in [0.29, 0.717) is 5.82 Å². The molecule has 4 nitrogen and oxygen atoms in total. The Morgan fingerprint density at radius 1 is 0.304 bits per heavy atom. The number of aromatic nitrogens is 4.